The molecule has 0 saturated heterocycles. The molecule has 0 radical (unpaired) electrons. The van der Waals surface area contributed by atoms with Gasteiger partial charge in [-0.05, 0) is 67.3 Å². The smallest absolute Gasteiger partial charge is 0.216 e. The summed E-state index contributed by atoms with van der Waals surface area (Å²) in [6, 6.07) is 31.8. The summed E-state index contributed by atoms with van der Waals surface area (Å²) in [5, 5.41) is 12.1. The number of furan rings is 1. The first kappa shape index (κ1) is 22.8. The molecular formula is C34H27N2O+. The molecule has 3 heteroatoms. The molecule has 37 heavy (non-hydrogen) atoms. The second-order valence-electron chi connectivity index (χ2n) is 9.86. The van der Waals surface area contributed by atoms with Crippen molar-refractivity contribution in [1.29, 1.82) is 5.26 Å². The number of nitrogens with zero attached hydrogens (tertiary/aromatic N) is 2. The van der Waals surface area contributed by atoms with Gasteiger partial charge in [0, 0.05) is 28.0 Å². The zero-order chi connectivity index (χ0) is 25.7. The van der Waals surface area contributed by atoms with Crippen LogP contribution in [0, 0.1) is 32.1 Å². The zero-order valence-electron chi connectivity index (χ0n) is 21.5. The first-order valence-electron chi connectivity index (χ1n) is 12.5. The predicted octanol–water partition coefficient (Wildman–Crippen LogP) is 8.21. The molecule has 0 N–H and O–H groups in total. The van der Waals surface area contributed by atoms with Crippen LogP contribution in [0.3, 0.4) is 0 Å². The average molecular weight is 480 g/mol. The third-order valence-corrected chi connectivity index (χ3v) is 7.21. The summed E-state index contributed by atoms with van der Waals surface area (Å²) >= 11 is 0. The summed E-state index contributed by atoms with van der Waals surface area (Å²) in [6.45, 7) is 6.31. The van der Waals surface area contributed by atoms with Crippen LogP contribution in [0.25, 0.3) is 55.4 Å². The van der Waals surface area contributed by atoms with Gasteiger partial charge in [-0.3, -0.25) is 0 Å². The van der Waals surface area contributed by atoms with E-state index in [2.05, 4.69) is 117 Å². The summed E-state index contributed by atoms with van der Waals surface area (Å²) in [4.78, 5) is 0. The number of hydrogen-bond donors (Lipinski definition) is 0. The molecule has 6 aromatic rings. The lowest BCUT2D eigenvalue weighted by Gasteiger charge is -2.09. The van der Waals surface area contributed by atoms with Crippen molar-refractivity contribution in [2.45, 2.75) is 20.8 Å². The van der Waals surface area contributed by atoms with Crippen LogP contribution in [0.4, 0.5) is 0 Å². The molecule has 0 aliphatic carbocycles. The van der Waals surface area contributed by atoms with Crippen LogP contribution in [0.5, 0.6) is 0 Å². The minimum Gasteiger partial charge on any atom is -0.454 e. The van der Waals surface area contributed by atoms with Gasteiger partial charge in [0.25, 0.3) is 0 Å². The van der Waals surface area contributed by atoms with E-state index in [1.165, 1.54) is 11.1 Å². The van der Waals surface area contributed by atoms with Gasteiger partial charge in [-0.25, -0.2) is 4.57 Å². The Labute approximate surface area is 216 Å². The standard InChI is InChI=1S/C34H27N2O/c1-21-8-12-24(13-9-21)25-6-5-7-26(18-25)32-27(19-35)14-16-29-28-15-11-23(3)31(33(28)37-34(29)32)30-17-10-22(2)20-36(30)4/h5-18,20H,1-4H3/q+1. The molecule has 0 fully saturated rings. The summed E-state index contributed by atoms with van der Waals surface area (Å²) in [5.74, 6) is 0. The maximum Gasteiger partial charge on any atom is 0.216 e. The number of aromatic nitrogens is 1. The third-order valence-electron chi connectivity index (χ3n) is 7.21. The fraction of sp³-hybridized carbons (Fsp3) is 0.118. The number of nitriles is 1. The molecule has 0 saturated carbocycles. The number of fused-ring (bicyclic) bond motifs is 3. The second kappa shape index (κ2) is 8.76. The highest BCUT2D eigenvalue weighted by Crippen LogP contribution is 2.42. The van der Waals surface area contributed by atoms with Gasteiger partial charge in [-0.1, -0.05) is 60.2 Å². The van der Waals surface area contributed by atoms with E-state index in [0.29, 0.717) is 5.56 Å². The van der Waals surface area contributed by atoms with Gasteiger partial charge < -0.3 is 4.42 Å². The Balaban J connectivity index is 1.64. The van der Waals surface area contributed by atoms with Crippen LogP contribution in [-0.2, 0) is 7.05 Å². The molecule has 2 aromatic heterocycles. The van der Waals surface area contributed by atoms with Gasteiger partial charge >= 0.3 is 0 Å². The highest BCUT2D eigenvalue weighted by Gasteiger charge is 2.23. The lowest BCUT2D eigenvalue weighted by Crippen LogP contribution is -2.31. The molecule has 0 atom stereocenters. The van der Waals surface area contributed by atoms with Gasteiger partial charge in [0.05, 0.1) is 17.2 Å². The molecule has 0 unspecified atom stereocenters. The number of aryl methyl sites for hydroxylation is 4. The molecular weight excluding hydrogens is 452 g/mol. The Kier molecular flexibility index (Phi) is 5.39. The fourth-order valence-corrected chi connectivity index (χ4v) is 5.31. The Morgan fingerprint density at radius 3 is 2.08 bits per heavy atom. The van der Waals surface area contributed by atoms with Gasteiger partial charge in [-0.2, -0.15) is 5.26 Å². The molecule has 3 nitrogen and oxygen atoms in total. The van der Waals surface area contributed by atoms with Gasteiger partial charge in [0.2, 0.25) is 5.69 Å². The quantitative estimate of drug-likeness (QED) is 0.240. The highest BCUT2D eigenvalue weighted by molar-refractivity contribution is 6.14. The topological polar surface area (TPSA) is 40.8 Å². The van der Waals surface area contributed by atoms with Crippen LogP contribution in [0.15, 0.2) is 95.5 Å². The van der Waals surface area contributed by atoms with Crippen LogP contribution >= 0.6 is 0 Å². The normalized spacial score (nSPS) is 11.2. The molecule has 0 amide bonds. The van der Waals surface area contributed by atoms with E-state index < -0.39 is 0 Å². The van der Waals surface area contributed by atoms with Crippen LogP contribution < -0.4 is 4.57 Å². The van der Waals surface area contributed by atoms with Crippen molar-refractivity contribution in [2.24, 2.45) is 7.05 Å². The Morgan fingerprint density at radius 2 is 1.35 bits per heavy atom. The highest BCUT2D eigenvalue weighted by atomic mass is 16.3. The summed E-state index contributed by atoms with van der Waals surface area (Å²) < 4.78 is 8.88. The second-order valence-corrected chi connectivity index (χ2v) is 9.86. The molecule has 0 spiro atoms. The number of rotatable bonds is 3. The van der Waals surface area contributed by atoms with Gasteiger partial charge in [-0.15, -0.1) is 0 Å². The van der Waals surface area contributed by atoms with E-state index in [-0.39, 0.29) is 0 Å². The number of benzene rings is 4. The lowest BCUT2D eigenvalue weighted by molar-refractivity contribution is -0.660. The maximum absolute atomic E-state index is 10.1. The molecule has 178 valence electrons. The molecule has 0 bridgehead atoms. The molecule has 4 aromatic carbocycles. The van der Waals surface area contributed by atoms with Crippen molar-refractivity contribution >= 4 is 21.9 Å². The van der Waals surface area contributed by atoms with E-state index in [1.807, 2.05) is 12.1 Å². The molecule has 2 heterocycles. The third kappa shape index (κ3) is 3.79. The van der Waals surface area contributed by atoms with Crippen molar-refractivity contribution in [3.63, 3.8) is 0 Å². The largest absolute Gasteiger partial charge is 0.454 e. The van der Waals surface area contributed by atoms with E-state index in [0.717, 1.165) is 61.0 Å². The van der Waals surface area contributed by atoms with Crippen LogP contribution in [0.1, 0.15) is 22.3 Å². The Hall–Kier alpha value is -4.68. The maximum atomic E-state index is 10.1. The summed E-state index contributed by atoms with van der Waals surface area (Å²) in [5.41, 5.74) is 12.0. The van der Waals surface area contributed by atoms with E-state index >= 15 is 0 Å². The van der Waals surface area contributed by atoms with Crippen molar-refractivity contribution in [2.75, 3.05) is 0 Å². The average Bonchev–Trinajstić information content (AvgIpc) is 3.27. The lowest BCUT2D eigenvalue weighted by atomic mass is 9.94. The summed E-state index contributed by atoms with van der Waals surface area (Å²) in [7, 11) is 2.07. The van der Waals surface area contributed by atoms with Crippen molar-refractivity contribution in [3.05, 3.63) is 113 Å². The number of pyridine rings is 1. The van der Waals surface area contributed by atoms with E-state index in [1.54, 1.807) is 0 Å². The summed E-state index contributed by atoms with van der Waals surface area (Å²) in [6.07, 6.45) is 2.13. The monoisotopic (exact) mass is 479 g/mol. The van der Waals surface area contributed by atoms with Crippen molar-refractivity contribution < 1.29 is 8.98 Å². The Morgan fingerprint density at radius 1 is 0.676 bits per heavy atom. The first-order chi connectivity index (χ1) is 17.9. The van der Waals surface area contributed by atoms with Gasteiger partial charge in [0.15, 0.2) is 6.20 Å². The van der Waals surface area contributed by atoms with Crippen molar-refractivity contribution in [1.82, 2.24) is 0 Å². The molecule has 0 aliphatic heterocycles. The number of hydrogen-bond acceptors (Lipinski definition) is 2. The SMILES string of the molecule is Cc1ccc(-c2cccc(-c3c(C#N)ccc4c3oc3c(-c5ccc(C)c[n+]5C)c(C)ccc34)c2)cc1. The predicted molar refractivity (Wildman–Crippen MR) is 150 cm³/mol. The molecule has 0 aliphatic rings. The molecule has 6 rings (SSSR count). The first-order valence-corrected chi connectivity index (χ1v) is 12.5. The Bertz CT molecular complexity index is 1870. The van der Waals surface area contributed by atoms with Crippen molar-refractivity contribution in [3.8, 4) is 39.6 Å². The van der Waals surface area contributed by atoms with Crippen LogP contribution in [-0.4, -0.2) is 0 Å². The minimum absolute atomic E-state index is 0.603. The minimum atomic E-state index is 0.603. The zero-order valence-corrected chi connectivity index (χ0v) is 21.5. The fourth-order valence-electron chi connectivity index (χ4n) is 5.31. The van der Waals surface area contributed by atoms with Crippen LogP contribution in [0.2, 0.25) is 0 Å². The van der Waals surface area contributed by atoms with E-state index in [9.17, 15) is 5.26 Å². The van der Waals surface area contributed by atoms with Gasteiger partial charge in [0.1, 0.15) is 18.2 Å². The van der Waals surface area contributed by atoms with E-state index in [4.69, 9.17) is 4.42 Å².